The normalized spacial score (nSPS) is 20.6. The lowest BCUT2D eigenvalue weighted by molar-refractivity contribution is 0.0868. The van der Waals surface area contributed by atoms with Gasteiger partial charge >= 0.3 is 5.63 Å². The maximum atomic E-state index is 12.8. The molecule has 1 aliphatic heterocycles. The average Bonchev–Trinajstić information content (AvgIpc) is 2.42. The summed E-state index contributed by atoms with van der Waals surface area (Å²) in [6.45, 7) is 14.5. The van der Waals surface area contributed by atoms with Crippen LogP contribution in [0.1, 0.15) is 94.8 Å². The number of amides is 1. The van der Waals surface area contributed by atoms with Crippen LogP contribution in [0.5, 0.6) is 0 Å². The number of carbonyl (C=O) groups excluding carboxylic acids is 1. The zero-order valence-electron chi connectivity index (χ0n) is 17.3. The van der Waals surface area contributed by atoms with E-state index in [2.05, 4.69) is 45.3 Å². The summed E-state index contributed by atoms with van der Waals surface area (Å²) >= 11 is 0. The topological polar surface area (TPSA) is 71.3 Å². The van der Waals surface area contributed by atoms with Crippen molar-refractivity contribution < 1.29 is 9.21 Å². The molecule has 146 valence electrons. The first-order valence-corrected chi connectivity index (χ1v) is 9.69. The standard InChI is InChI=1S/C21H34N2O3/c1-8-9-13(2)16-10-14(3)17(19(25)26-16)18(24)22-15-11-20(4,5)23-21(6,7)12-15/h10,13,15,23H,8-9,11-12H2,1-7H3,(H,22,24). The molecule has 1 aromatic heterocycles. The van der Waals surface area contributed by atoms with Gasteiger partial charge in [-0.1, -0.05) is 20.3 Å². The van der Waals surface area contributed by atoms with Crippen LogP contribution in [0.3, 0.4) is 0 Å². The van der Waals surface area contributed by atoms with E-state index in [4.69, 9.17) is 4.42 Å². The molecule has 0 spiro atoms. The predicted molar refractivity (Wildman–Crippen MR) is 105 cm³/mol. The number of carbonyl (C=O) groups is 1. The fourth-order valence-corrected chi connectivity index (χ4v) is 4.41. The Balaban J connectivity index is 2.21. The quantitative estimate of drug-likeness (QED) is 0.833. The summed E-state index contributed by atoms with van der Waals surface area (Å²) in [5.74, 6) is 0.508. The van der Waals surface area contributed by atoms with Crippen LogP contribution in [0.4, 0.5) is 0 Å². The Hall–Kier alpha value is -1.62. The Morgan fingerprint density at radius 3 is 2.38 bits per heavy atom. The summed E-state index contributed by atoms with van der Waals surface area (Å²) in [7, 11) is 0. The summed E-state index contributed by atoms with van der Waals surface area (Å²) in [5.41, 5.74) is 0.140. The number of nitrogens with one attached hydrogen (secondary N) is 2. The third-order valence-electron chi connectivity index (χ3n) is 5.13. The third kappa shape index (κ3) is 4.97. The maximum Gasteiger partial charge on any atom is 0.349 e. The van der Waals surface area contributed by atoms with Crippen LogP contribution >= 0.6 is 0 Å². The molecule has 1 atom stereocenters. The van der Waals surface area contributed by atoms with Gasteiger partial charge in [-0.05, 0) is 65.5 Å². The highest BCUT2D eigenvalue weighted by Crippen LogP contribution is 2.29. The summed E-state index contributed by atoms with van der Waals surface area (Å²) in [6, 6.07) is 1.86. The van der Waals surface area contributed by atoms with Crippen LogP contribution < -0.4 is 16.3 Å². The molecule has 2 heterocycles. The number of aryl methyl sites for hydroxylation is 1. The number of rotatable bonds is 5. The van der Waals surface area contributed by atoms with Crippen molar-refractivity contribution in [3.63, 3.8) is 0 Å². The maximum absolute atomic E-state index is 12.8. The van der Waals surface area contributed by atoms with Gasteiger partial charge < -0.3 is 15.1 Å². The van der Waals surface area contributed by atoms with Crippen molar-refractivity contribution in [2.75, 3.05) is 0 Å². The van der Waals surface area contributed by atoms with Gasteiger partial charge in [-0.3, -0.25) is 4.79 Å². The molecule has 0 bridgehead atoms. The second-order valence-electron chi connectivity index (χ2n) is 9.16. The monoisotopic (exact) mass is 362 g/mol. The molecule has 1 aromatic rings. The average molecular weight is 363 g/mol. The van der Waals surface area contributed by atoms with E-state index < -0.39 is 5.63 Å². The van der Waals surface area contributed by atoms with Crippen molar-refractivity contribution in [3.05, 3.63) is 33.4 Å². The number of hydrogen-bond donors (Lipinski definition) is 2. The molecule has 0 saturated carbocycles. The summed E-state index contributed by atoms with van der Waals surface area (Å²) in [5, 5.41) is 6.66. The molecular formula is C21H34N2O3. The first-order valence-electron chi connectivity index (χ1n) is 9.69. The predicted octanol–water partition coefficient (Wildman–Crippen LogP) is 3.89. The zero-order chi connectivity index (χ0) is 19.7. The van der Waals surface area contributed by atoms with Gasteiger partial charge in [0.25, 0.3) is 5.91 Å². The highest BCUT2D eigenvalue weighted by molar-refractivity contribution is 5.95. The van der Waals surface area contributed by atoms with Crippen LogP contribution in [-0.2, 0) is 0 Å². The lowest BCUT2D eigenvalue weighted by atomic mass is 9.79. The number of piperidine rings is 1. The van der Waals surface area contributed by atoms with E-state index in [1.165, 1.54) is 0 Å². The molecule has 0 radical (unpaired) electrons. The molecule has 2 rings (SSSR count). The van der Waals surface area contributed by atoms with E-state index >= 15 is 0 Å². The van der Waals surface area contributed by atoms with E-state index in [9.17, 15) is 9.59 Å². The Morgan fingerprint density at radius 2 is 1.88 bits per heavy atom. The molecule has 1 saturated heterocycles. The van der Waals surface area contributed by atoms with Crippen LogP contribution in [0, 0.1) is 6.92 Å². The Kier molecular flexibility index (Phi) is 6.01. The number of hydrogen-bond acceptors (Lipinski definition) is 4. The molecule has 26 heavy (non-hydrogen) atoms. The highest BCUT2D eigenvalue weighted by atomic mass is 16.4. The minimum Gasteiger partial charge on any atom is -0.427 e. The third-order valence-corrected chi connectivity index (χ3v) is 5.13. The van der Waals surface area contributed by atoms with Crippen molar-refractivity contribution in [3.8, 4) is 0 Å². The van der Waals surface area contributed by atoms with E-state index in [0.717, 1.165) is 25.7 Å². The van der Waals surface area contributed by atoms with Gasteiger partial charge in [0.2, 0.25) is 0 Å². The molecule has 1 fully saturated rings. The largest absolute Gasteiger partial charge is 0.427 e. The molecule has 1 aliphatic rings. The second-order valence-corrected chi connectivity index (χ2v) is 9.16. The highest BCUT2D eigenvalue weighted by Gasteiger charge is 2.38. The van der Waals surface area contributed by atoms with Gasteiger partial charge in [0.05, 0.1) is 0 Å². The van der Waals surface area contributed by atoms with Crippen LogP contribution in [0.2, 0.25) is 0 Å². The first kappa shape index (κ1) is 20.7. The van der Waals surface area contributed by atoms with Crippen LogP contribution in [0.25, 0.3) is 0 Å². The van der Waals surface area contributed by atoms with Gasteiger partial charge in [0, 0.05) is 23.0 Å². The summed E-state index contributed by atoms with van der Waals surface area (Å²) in [4.78, 5) is 25.3. The van der Waals surface area contributed by atoms with Crippen molar-refractivity contribution in [1.29, 1.82) is 0 Å². The van der Waals surface area contributed by atoms with E-state index in [0.29, 0.717) is 11.3 Å². The fourth-order valence-electron chi connectivity index (χ4n) is 4.41. The van der Waals surface area contributed by atoms with Gasteiger partial charge in [-0.15, -0.1) is 0 Å². The molecule has 1 amide bonds. The van der Waals surface area contributed by atoms with Crippen LogP contribution in [0.15, 0.2) is 15.3 Å². The SMILES string of the molecule is CCCC(C)c1cc(C)c(C(=O)NC2CC(C)(C)NC(C)(C)C2)c(=O)o1. The smallest absolute Gasteiger partial charge is 0.349 e. The van der Waals surface area contributed by atoms with Crippen molar-refractivity contribution in [1.82, 2.24) is 10.6 Å². The van der Waals surface area contributed by atoms with Crippen molar-refractivity contribution in [2.24, 2.45) is 0 Å². The lowest BCUT2D eigenvalue weighted by Gasteiger charge is -2.46. The summed E-state index contributed by atoms with van der Waals surface area (Å²) < 4.78 is 5.47. The summed E-state index contributed by atoms with van der Waals surface area (Å²) in [6.07, 6.45) is 3.61. The Morgan fingerprint density at radius 1 is 1.31 bits per heavy atom. The molecule has 2 N–H and O–H groups in total. The van der Waals surface area contributed by atoms with E-state index in [1.807, 2.05) is 19.9 Å². The van der Waals surface area contributed by atoms with Crippen molar-refractivity contribution in [2.45, 2.75) is 97.2 Å². The molecule has 0 aromatic carbocycles. The first-order chi connectivity index (χ1) is 11.9. The second kappa shape index (κ2) is 7.55. The molecule has 1 unspecified atom stereocenters. The van der Waals surface area contributed by atoms with Gasteiger partial charge in [0.15, 0.2) is 0 Å². The van der Waals surface area contributed by atoms with E-state index in [-0.39, 0.29) is 34.5 Å². The van der Waals surface area contributed by atoms with E-state index in [1.54, 1.807) is 0 Å². The van der Waals surface area contributed by atoms with Gasteiger partial charge in [-0.25, -0.2) is 4.79 Å². The minimum absolute atomic E-state index is 0.0197. The Labute approximate surface area is 156 Å². The zero-order valence-corrected chi connectivity index (χ0v) is 17.3. The van der Waals surface area contributed by atoms with Crippen LogP contribution in [-0.4, -0.2) is 23.0 Å². The molecule has 5 heteroatoms. The molecular weight excluding hydrogens is 328 g/mol. The minimum atomic E-state index is -0.534. The Bertz CT molecular complexity index is 702. The molecule has 5 nitrogen and oxygen atoms in total. The fraction of sp³-hybridized carbons (Fsp3) is 0.714. The van der Waals surface area contributed by atoms with Gasteiger partial charge in [-0.2, -0.15) is 0 Å². The van der Waals surface area contributed by atoms with Crippen molar-refractivity contribution >= 4 is 5.91 Å². The lowest BCUT2D eigenvalue weighted by Crippen LogP contribution is -2.62. The van der Waals surface area contributed by atoms with Gasteiger partial charge in [0.1, 0.15) is 11.3 Å². The molecule has 0 aliphatic carbocycles.